The molecule has 0 N–H and O–H groups in total. The van der Waals surface area contributed by atoms with Crippen LogP contribution < -0.4 is 0 Å². The first-order valence-corrected chi connectivity index (χ1v) is 6.53. The van der Waals surface area contributed by atoms with Gasteiger partial charge < -0.3 is 0 Å². The summed E-state index contributed by atoms with van der Waals surface area (Å²) in [6, 6.07) is 0. The monoisotopic (exact) mass is 446 g/mol. The molecular weight excluding hydrogens is 445 g/mol. The molecule has 0 spiro atoms. The zero-order chi connectivity index (χ0) is 12.8. The predicted molar refractivity (Wildman–Crippen MR) is 32.8 cm³/mol. The third-order valence-corrected chi connectivity index (χ3v) is 3.66. The van der Waals surface area contributed by atoms with E-state index in [1.165, 1.54) is 0 Å². The van der Waals surface area contributed by atoms with Crippen molar-refractivity contribution in [3.8, 4) is 0 Å². The Balaban J connectivity index is 3.29. The van der Waals surface area contributed by atoms with E-state index in [9.17, 15) is 35.9 Å². The second-order valence-corrected chi connectivity index (χ2v) is 4.82. The van der Waals surface area contributed by atoms with Crippen molar-refractivity contribution in [3.63, 3.8) is 0 Å². The normalized spacial score (nSPS) is 27.4. The van der Waals surface area contributed by atoms with Crippen LogP contribution >= 0.6 is 0 Å². The molecular formula is C5F6O4Pb. The Hall–Kier alpha value is -0.558. The quantitative estimate of drug-likeness (QED) is 0.404. The molecule has 1 rings (SSSR count). The van der Waals surface area contributed by atoms with E-state index in [2.05, 4.69) is 5.37 Å². The molecule has 1 aliphatic heterocycles. The second kappa shape index (κ2) is 3.73. The third-order valence-electron chi connectivity index (χ3n) is 1.57. The van der Waals surface area contributed by atoms with Crippen molar-refractivity contribution < 1.29 is 41.3 Å². The Morgan fingerprint density at radius 2 is 1.12 bits per heavy atom. The van der Waals surface area contributed by atoms with Crippen molar-refractivity contribution in [2.75, 3.05) is 0 Å². The summed E-state index contributed by atoms with van der Waals surface area (Å²) in [5.74, 6) is -23.4. The summed E-state index contributed by atoms with van der Waals surface area (Å²) < 4.78 is 82.8. The van der Waals surface area contributed by atoms with Crippen LogP contribution in [-0.4, -0.2) is 54.8 Å². The van der Waals surface area contributed by atoms with Gasteiger partial charge in [-0.3, -0.25) is 0 Å². The Labute approximate surface area is 96.4 Å². The molecule has 11 heteroatoms. The molecule has 1 fully saturated rings. The zero-order valence-corrected chi connectivity index (χ0v) is 10.8. The summed E-state index contributed by atoms with van der Waals surface area (Å²) in [6.07, 6.45) is 0. The Morgan fingerprint density at radius 3 is 1.44 bits per heavy atom. The molecule has 0 amide bonds. The van der Waals surface area contributed by atoms with E-state index in [1.54, 1.807) is 0 Å². The van der Waals surface area contributed by atoms with Gasteiger partial charge >= 0.3 is 96.2 Å². The average molecular weight is 445 g/mol. The molecule has 1 saturated heterocycles. The zero-order valence-electron chi connectivity index (χ0n) is 6.90. The first kappa shape index (κ1) is 13.5. The molecule has 1 heterocycles. The molecule has 2 radical (unpaired) electrons. The van der Waals surface area contributed by atoms with E-state index >= 15 is 0 Å². The van der Waals surface area contributed by atoms with Crippen LogP contribution in [0.2, 0.25) is 0 Å². The van der Waals surface area contributed by atoms with Crippen molar-refractivity contribution in [3.05, 3.63) is 0 Å². The van der Waals surface area contributed by atoms with Gasteiger partial charge in [0.2, 0.25) is 0 Å². The summed E-state index contributed by atoms with van der Waals surface area (Å²) in [7, 11) is 0. The summed E-state index contributed by atoms with van der Waals surface area (Å²) >= 11 is -3.32. The van der Waals surface area contributed by atoms with Crippen LogP contribution in [0.3, 0.4) is 0 Å². The molecule has 0 saturated carbocycles. The summed E-state index contributed by atoms with van der Waals surface area (Å²) in [5, 5.41) is 0. The third kappa shape index (κ3) is 1.66. The standard InChI is InChI=1S/C5H2F6O4.Pb/c6-3(7,1(12)13)5(10,11)4(8,9)2(14)15;/h(H,12,13)(H,14,15);/q;+2/p-2. The van der Waals surface area contributed by atoms with Crippen LogP contribution in [0, 0.1) is 0 Å². The molecule has 0 unspecified atom stereocenters. The maximum absolute atomic E-state index is 12.6. The van der Waals surface area contributed by atoms with E-state index in [0.717, 1.165) is 0 Å². The van der Waals surface area contributed by atoms with Gasteiger partial charge in [0.25, 0.3) is 0 Å². The fourth-order valence-corrected chi connectivity index (χ4v) is 2.43. The van der Waals surface area contributed by atoms with Crippen molar-refractivity contribution in [1.82, 2.24) is 0 Å². The Morgan fingerprint density at radius 1 is 0.812 bits per heavy atom. The molecule has 0 bridgehead atoms. The van der Waals surface area contributed by atoms with Crippen molar-refractivity contribution in [2.45, 2.75) is 17.8 Å². The van der Waals surface area contributed by atoms with Crippen molar-refractivity contribution >= 4 is 37.1 Å². The van der Waals surface area contributed by atoms with Gasteiger partial charge in [0.15, 0.2) is 0 Å². The minimum atomic E-state index is -6.20. The van der Waals surface area contributed by atoms with Gasteiger partial charge in [0, 0.05) is 0 Å². The SMILES string of the molecule is O=C1[O][Pb][O]C(=O)C(F)(F)C(F)(F)C1(F)F. The summed E-state index contributed by atoms with van der Waals surface area (Å²) in [4.78, 5) is 20.7. The van der Waals surface area contributed by atoms with Crippen LogP contribution in [0.4, 0.5) is 26.3 Å². The molecule has 4 nitrogen and oxygen atoms in total. The predicted octanol–water partition coefficient (Wildman–Crippen LogP) is 0.526. The number of halogens is 6. The first-order chi connectivity index (χ1) is 7.05. The average Bonchev–Trinajstić information content (AvgIpc) is 2.15. The minimum absolute atomic E-state index is 2.81. The van der Waals surface area contributed by atoms with Crippen LogP contribution in [-0.2, 0) is 15.0 Å². The molecule has 16 heavy (non-hydrogen) atoms. The number of carbonyl (C=O) groups is 2. The van der Waals surface area contributed by atoms with Crippen molar-refractivity contribution in [1.29, 1.82) is 0 Å². The topological polar surface area (TPSA) is 52.6 Å². The number of hydrogen-bond donors (Lipinski definition) is 0. The van der Waals surface area contributed by atoms with Gasteiger partial charge in [-0.05, 0) is 0 Å². The number of carbonyl (C=O) groups excluding carboxylic acids is 2. The molecule has 0 aromatic heterocycles. The van der Waals surface area contributed by atoms with Gasteiger partial charge in [-0.2, -0.15) is 0 Å². The molecule has 90 valence electrons. The Kier molecular flexibility index (Phi) is 3.15. The maximum atomic E-state index is 12.6. The fourth-order valence-electron chi connectivity index (χ4n) is 0.678. The second-order valence-electron chi connectivity index (χ2n) is 2.59. The van der Waals surface area contributed by atoms with Gasteiger partial charge in [-0.1, -0.05) is 0 Å². The Bertz CT molecular complexity index is 312. The van der Waals surface area contributed by atoms with E-state index in [0.29, 0.717) is 0 Å². The van der Waals surface area contributed by atoms with E-state index < -0.39 is 54.8 Å². The molecule has 0 aliphatic carbocycles. The number of alkyl halides is 6. The van der Waals surface area contributed by atoms with Gasteiger partial charge in [0.05, 0.1) is 0 Å². The van der Waals surface area contributed by atoms with Crippen LogP contribution in [0.1, 0.15) is 0 Å². The first-order valence-electron chi connectivity index (χ1n) is 3.36. The van der Waals surface area contributed by atoms with E-state index in [-0.39, 0.29) is 0 Å². The summed E-state index contributed by atoms with van der Waals surface area (Å²) in [6.45, 7) is 0. The summed E-state index contributed by atoms with van der Waals surface area (Å²) in [5.41, 5.74) is 0. The van der Waals surface area contributed by atoms with Gasteiger partial charge in [0.1, 0.15) is 0 Å². The van der Waals surface area contributed by atoms with Crippen LogP contribution in [0.15, 0.2) is 0 Å². The number of hydrogen-bond acceptors (Lipinski definition) is 4. The van der Waals surface area contributed by atoms with E-state index in [4.69, 9.17) is 0 Å². The van der Waals surface area contributed by atoms with Gasteiger partial charge in [-0.25, -0.2) is 0 Å². The molecule has 0 atom stereocenters. The van der Waals surface area contributed by atoms with E-state index in [1.807, 2.05) is 0 Å². The van der Waals surface area contributed by atoms with Gasteiger partial charge in [-0.15, -0.1) is 0 Å². The molecule has 0 aromatic carbocycles. The van der Waals surface area contributed by atoms with Crippen LogP contribution in [0.5, 0.6) is 0 Å². The van der Waals surface area contributed by atoms with Crippen molar-refractivity contribution in [2.24, 2.45) is 0 Å². The fraction of sp³-hybridized carbons (Fsp3) is 0.600. The number of rotatable bonds is 0. The molecule has 0 aromatic rings. The van der Waals surface area contributed by atoms with Crippen LogP contribution in [0.25, 0.3) is 0 Å². The molecule has 1 aliphatic rings.